The molecule has 1 aliphatic carbocycles. The summed E-state index contributed by atoms with van der Waals surface area (Å²) in [4.78, 5) is 5.58. The summed E-state index contributed by atoms with van der Waals surface area (Å²) in [6.07, 6.45) is 0. The van der Waals surface area contributed by atoms with E-state index in [2.05, 4.69) is 244 Å². The zero-order chi connectivity index (χ0) is 42.3. The first-order valence-electron chi connectivity index (χ1n) is 21.8. The highest BCUT2D eigenvalue weighted by atomic mass is 14.8. The number of hydrogen-bond acceptors (Lipinski definition) is 1. The van der Waals surface area contributed by atoms with Crippen LogP contribution < -0.4 is 0 Å². The Morgan fingerprint density at radius 1 is 0.381 bits per heavy atom. The van der Waals surface area contributed by atoms with Gasteiger partial charge in [0.2, 0.25) is 0 Å². The van der Waals surface area contributed by atoms with Crippen LogP contribution in [0, 0.1) is 0 Å². The van der Waals surface area contributed by atoms with Crippen LogP contribution in [0.1, 0.15) is 51.9 Å². The lowest BCUT2D eigenvalue weighted by Gasteiger charge is -2.34. The molecule has 0 spiro atoms. The van der Waals surface area contributed by atoms with Gasteiger partial charge in [-0.25, -0.2) is 0 Å². The molecule has 298 valence electrons. The Labute approximate surface area is 370 Å². The summed E-state index contributed by atoms with van der Waals surface area (Å²) in [5, 5.41) is 0. The molecule has 0 amide bonds. The third-order valence-electron chi connectivity index (χ3n) is 13.2. The average Bonchev–Trinajstić information content (AvgIpc) is 3.66. The molecule has 0 aromatic heterocycles. The first kappa shape index (κ1) is 38.1. The van der Waals surface area contributed by atoms with E-state index in [-0.39, 0.29) is 6.04 Å². The van der Waals surface area contributed by atoms with Crippen molar-refractivity contribution in [1.29, 1.82) is 0 Å². The van der Waals surface area contributed by atoms with E-state index in [1.54, 1.807) is 0 Å². The van der Waals surface area contributed by atoms with Crippen molar-refractivity contribution in [2.75, 3.05) is 0 Å². The largest absolute Gasteiger partial charge is 0.272 e. The van der Waals surface area contributed by atoms with Gasteiger partial charge in [-0.3, -0.25) is 4.99 Å². The first-order chi connectivity index (χ1) is 31.1. The van der Waals surface area contributed by atoms with Crippen LogP contribution >= 0.6 is 0 Å². The minimum Gasteiger partial charge on any atom is -0.272 e. The second-order valence-electron chi connectivity index (χ2n) is 16.7. The van der Waals surface area contributed by atoms with Crippen LogP contribution in [0.15, 0.2) is 259 Å². The Morgan fingerprint density at radius 3 is 1.59 bits per heavy atom. The van der Waals surface area contributed by atoms with Crippen LogP contribution in [0.4, 0.5) is 0 Å². The highest BCUT2D eigenvalue weighted by molar-refractivity contribution is 6.19. The minimum absolute atomic E-state index is 0.292. The number of rotatable bonds is 8. The van der Waals surface area contributed by atoms with Crippen LogP contribution in [-0.2, 0) is 5.41 Å². The van der Waals surface area contributed by atoms with Gasteiger partial charge < -0.3 is 0 Å². The zero-order valence-electron chi connectivity index (χ0n) is 35.2. The van der Waals surface area contributed by atoms with Gasteiger partial charge in [0.15, 0.2) is 0 Å². The molecular formula is C62H45N. The van der Waals surface area contributed by atoms with E-state index in [1.807, 2.05) is 0 Å². The van der Waals surface area contributed by atoms with Crippen LogP contribution in [0.25, 0.3) is 50.1 Å². The van der Waals surface area contributed by atoms with E-state index in [0.717, 1.165) is 44.7 Å². The maximum absolute atomic E-state index is 5.58. The maximum atomic E-state index is 5.58. The number of hydrogen-bond donors (Lipinski definition) is 0. The molecule has 63 heavy (non-hydrogen) atoms. The van der Waals surface area contributed by atoms with Gasteiger partial charge in [-0.1, -0.05) is 225 Å². The number of allylic oxidation sites excluding steroid dienone is 1. The Kier molecular flexibility index (Phi) is 9.59. The fourth-order valence-electron chi connectivity index (χ4n) is 10.3. The Balaban J connectivity index is 1.07. The van der Waals surface area contributed by atoms with Gasteiger partial charge in [0.25, 0.3) is 0 Å². The Morgan fingerprint density at radius 2 is 0.921 bits per heavy atom. The van der Waals surface area contributed by atoms with E-state index < -0.39 is 5.41 Å². The zero-order valence-corrected chi connectivity index (χ0v) is 35.2. The molecule has 1 nitrogen and oxygen atoms in total. The lowest BCUT2D eigenvalue weighted by molar-refractivity contribution is 0.768. The van der Waals surface area contributed by atoms with Crippen molar-refractivity contribution >= 4 is 11.3 Å². The van der Waals surface area contributed by atoms with Crippen molar-refractivity contribution in [1.82, 2.24) is 0 Å². The van der Waals surface area contributed by atoms with Gasteiger partial charge in [0.05, 0.1) is 11.1 Å². The summed E-state index contributed by atoms with van der Waals surface area (Å²) in [7, 11) is 0. The number of aliphatic imine (C=N–C) groups is 1. The highest BCUT2D eigenvalue weighted by Gasteiger charge is 2.46. The number of dihydropyridines is 1. The van der Waals surface area contributed by atoms with E-state index in [9.17, 15) is 0 Å². The Bertz CT molecular complexity index is 3170. The van der Waals surface area contributed by atoms with Crippen molar-refractivity contribution in [3.05, 3.63) is 293 Å². The fraction of sp³-hybridized carbons (Fsp3) is 0.0484. The summed E-state index contributed by atoms with van der Waals surface area (Å²) in [6.45, 7) is 7.05. The van der Waals surface area contributed by atoms with Crippen molar-refractivity contribution in [2.24, 2.45) is 4.99 Å². The van der Waals surface area contributed by atoms with Gasteiger partial charge in [0, 0.05) is 0 Å². The van der Waals surface area contributed by atoms with E-state index >= 15 is 0 Å². The van der Waals surface area contributed by atoms with Crippen LogP contribution in [0.5, 0.6) is 0 Å². The first-order valence-corrected chi connectivity index (χ1v) is 21.8. The predicted molar refractivity (Wildman–Crippen MR) is 264 cm³/mol. The van der Waals surface area contributed by atoms with Gasteiger partial charge in [-0.05, 0) is 125 Å². The van der Waals surface area contributed by atoms with Gasteiger partial charge in [-0.2, -0.15) is 0 Å². The second kappa shape index (κ2) is 15.9. The third kappa shape index (κ3) is 6.44. The number of benzene rings is 9. The molecule has 0 fully saturated rings. The molecule has 9 aromatic rings. The molecule has 0 bridgehead atoms. The normalized spacial score (nSPS) is 15.1. The molecule has 11 rings (SSSR count). The molecule has 0 saturated carbocycles. The summed E-state index contributed by atoms with van der Waals surface area (Å²) < 4.78 is 0. The molecule has 1 atom stereocenters. The van der Waals surface area contributed by atoms with E-state index in [0.29, 0.717) is 0 Å². The SMILES string of the molecule is C=C1C(c2cccc(-c3ccccc3)c2)=C(C)C(c2ccccc2)=NC1c1ccc(-c2ccc3c(c2)-c2ccccc2C3(c2ccccc2)c2ccccc2)c(-c2ccccc2)c1. The van der Waals surface area contributed by atoms with Crippen molar-refractivity contribution in [3.8, 4) is 44.5 Å². The van der Waals surface area contributed by atoms with E-state index in [1.165, 1.54) is 61.2 Å². The summed E-state index contributed by atoms with van der Waals surface area (Å²) in [5.41, 5.74) is 21.9. The minimum atomic E-state index is -0.446. The van der Waals surface area contributed by atoms with Gasteiger partial charge >= 0.3 is 0 Å². The third-order valence-corrected chi connectivity index (χ3v) is 13.2. The molecule has 1 unspecified atom stereocenters. The van der Waals surface area contributed by atoms with Crippen molar-refractivity contribution in [3.63, 3.8) is 0 Å². The topological polar surface area (TPSA) is 12.4 Å². The maximum Gasteiger partial charge on any atom is 0.101 e. The molecule has 1 aliphatic heterocycles. The summed E-state index contributed by atoms with van der Waals surface area (Å²) in [5.74, 6) is 0. The molecule has 0 radical (unpaired) electrons. The van der Waals surface area contributed by atoms with Crippen molar-refractivity contribution in [2.45, 2.75) is 18.4 Å². The highest BCUT2D eigenvalue weighted by Crippen LogP contribution is 2.57. The van der Waals surface area contributed by atoms with Crippen LogP contribution in [0.3, 0.4) is 0 Å². The standard InChI is InChI=1S/C62H45N/c1-42-59(49-28-20-27-47(39-49)44-21-8-3-9-22-44)43(2)61(63-60(42)46-25-12-5-13-26-46)50-35-37-53(55(41-50)45-23-10-4-11-24-45)48-36-38-58-56(40-48)54-33-18-19-34-57(54)62(58,51-29-14-6-15-30-51)52-31-16-7-17-32-52/h3-41,61H,2H2,1H3. The fourth-order valence-corrected chi connectivity index (χ4v) is 10.3. The molecule has 2 aliphatic rings. The predicted octanol–water partition coefficient (Wildman–Crippen LogP) is 15.6. The van der Waals surface area contributed by atoms with Crippen LogP contribution in [-0.4, -0.2) is 5.71 Å². The molecular weight excluding hydrogens is 759 g/mol. The van der Waals surface area contributed by atoms with Gasteiger partial charge in [0.1, 0.15) is 6.04 Å². The second-order valence-corrected chi connectivity index (χ2v) is 16.7. The lowest BCUT2D eigenvalue weighted by atomic mass is 9.67. The molecule has 9 aromatic carbocycles. The quantitative estimate of drug-likeness (QED) is 0.145. The van der Waals surface area contributed by atoms with Crippen molar-refractivity contribution < 1.29 is 0 Å². The van der Waals surface area contributed by atoms with Gasteiger partial charge in [-0.15, -0.1) is 0 Å². The molecule has 1 heteroatoms. The summed E-state index contributed by atoms with van der Waals surface area (Å²) in [6, 6.07) is 85.7. The number of nitrogens with zero attached hydrogens (tertiary/aromatic N) is 1. The average molecular weight is 804 g/mol. The van der Waals surface area contributed by atoms with Crippen LogP contribution in [0.2, 0.25) is 0 Å². The smallest absolute Gasteiger partial charge is 0.101 e. The Hall–Kier alpha value is -7.87. The number of fused-ring (bicyclic) bond motifs is 3. The lowest BCUT2D eigenvalue weighted by Crippen LogP contribution is -2.28. The summed E-state index contributed by atoms with van der Waals surface area (Å²) >= 11 is 0. The monoisotopic (exact) mass is 803 g/mol. The molecule has 0 saturated heterocycles. The van der Waals surface area contributed by atoms with E-state index in [4.69, 9.17) is 11.6 Å². The molecule has 1 heterocycles. The molecule has 0 N–H and O–H groups in total.